The maximum absolute atomic E-state index is 5.55. The third kappa shape index (κ3) is 7.12. The molecule has 1 aliphatic rings. The zero-order chi connectivity index (χ0) is 18.8. The predicted octanol–water partition coefficient (Wildman–Crippen LogP) is 2.52. The monoisotopic (exact) mass is 490 g/mol. The Morgan fingerprint density at radius 2 is 1.93 bits per heavy atom. The molecule has 1 fully saturated rings. The van der Waals surface area contributed by atoms with Crippen molar-refractivity contribution in [2.45, 2.75) is 31.7 Å². The molecule has 0 spiro atoms. The lowest BCUT2D eigenvalue weighted by atomic mass is 9.89. The van der Waals surface area contributed by atoms with Gasteiger partial charge >= 0.3 is 0 Å². The summed E-state index contributed by atoms with van der Waals surface area (Å²) in [7, 11) is 6.00. The molecule has 0 atom stereocenters. The van der Waals surface area contributed by atoms with E-state index in [-0.39, 0.29) is 29.5 Å². The highest BCUT2D eigenvalue weighted by atomic mass is 127. The van der Waals surface area contributed by atoms with Crippen LogP contribution in [0.2, 0.25) is 0 Å². The topological polar surface area (TPSA) is 58.1 Å². The van der Waals surface area contributed by atoms with E-state index in [0.29, 0.717) is 0 Å². The lowest BCUT2D eigenvalue weighted by molar-refractivity contribution is -0.00254. The van der Waals surface area contributed by atoms with Crippen molar-refractivity contribution < 1.29 is 9.47 Å². The average Bonchev–Trinajstić information content (AvgIpc) is 2.67. The number of aliphatic imine (C=N–C) groups is 1. The van der Waals surface area contributed by atoms with E-state index in [2.05, 4.69) is 42.6 Å². The molecule has 0 aromatic heterocycles. The first-order chi connectivity index (χ1) is 12.6. The van der Waals surface area contributed by atoms with Crippen molar-refractivity contribution in [3.8, 4) is 5.75 Å². The van der Waals surface area contributed by atoms with Crippen molar-refractivity contribution in [1.82, 2.24) is 15.5 Å². The molecule has 6 nitrogen and oxygen atoms in total. The summed E-state index contributed by atoms with van der Waals surface area (Å²) in [5.41, 5.74) is 1.29. The second-order valence-electron chi connectivity index (χ2n) is 6.91. The van der Waals surface area contributed by atoms with E-state index in [0.717, 1.165) is 63.8 Å². The lowest BCUT2D eigenvalue weighted by Crippen LogP contribution is -2.51. The SMILES string of the molecule is CCNC(=NCC1(N(C)C)CCOCC1)NCCc1ccccc1OC.I. The van der Waals surface area contributed by atoms with Crippen LogP contribution in [-0.2, 0) is 11.2 Å². The van der Waals surface area contributed by atoms with Crippen LogP contribution in [0.5, 0.6) is 5.75 Å². The van der Waals surface area contributed by atoms with Gasteiger partial charge in [0.1, 0.15) is 5.75 Å². The molecule has 2 rings (SSSR count). The Bertz CT molecular complexity index is 575. The van der Waals surface area contributed by atoms with Crippen molar-refractivity contribution in [3.63, 3.8) is 0 Å². The molecular weight excluding hydrogens is 455 g/mol. The molecular formula is C20H35IN4O2. The molecule has 0 bridgehead atoms. The minimum atomic E-state index is 0. The van der Waals surface area contributed by atoms with Gasteiger partial charge < -0.3 is 25.0 Å². The molecule has 0 unspecified atom stereocenters. The summed E-state index contributed by atoms with van der Waals surface area (Å²) in [6, 6.07) is 8.15. The number of hydrogen-bond acceptors (Lipinski definition) is 4. The Kier molecular flexibility index (Phi) is 11.0. The van der Waals surface area contributed by atoms with Crippen molar-refractivity contribution in [2.24, 2.45) is 4.99 Å². The highest BCUT2D eigenvalue weighted by Crippen LogP contribution is 2.26. The molecule has 1 aromatic carbocycles. The Labute approximate surface area is 181 Å². The number of nitrogens with one attached hydrogen (secondary N) is 2. The molecule has 0 radical (unpaired) electrons. The van der Waals surface area contributed by atoms with Gasteiger partial charge in [-0.3, -0.25) is 4.99 Å². The normalized spacial score (nSPS) is 16.6. The largest absolute Gasteiger partial charge is 0.496 e. The maximum atomic E-state index is 5.55. The molecule has 27 heavy (non-hydrogen) atoms. The van der Waals surface area contributed by atoms with E-state index in [9.17, 15) is 0 Å². The van der Waals surface area contributed by atoms with Gasteiger partial charge in [0.15, 0.2) is 5.96 Å². The van der Waals surface area contributed by atoms with Crippen LogP contribution in [0.15, 0.2) is 29.3 Å². The minimum Gasteiger partial charge on any atom is -0.496 e. The summed E-state index contributed by atoms with van der Waals surface area (Å²) in [4.78, 5) is 7.17. The number of benzene rings is 1. The van der Waals surface area contributed by atoms with Gasteiger partial charge in [0.25, 0.3) is 0 Å². The first-order valence-electron chi connectivity index (χ1n) is 9.50. The molecule has 1 aliphatic heterocycles. The van der Waals surface area contributed by atoms with Crippen LogP contribution in [0.4, 0.5) is 0 Å². The Morgan fingerprint density at radius 3 is 2.56 bits per heavy atom. The number of halogens is 1. The van der Waals surface area contributed by atoms with Crippen LogP contribution in [-0.4, -0.2) is 70.5 Å². The van der Waals surface area contributed by atoms with E-state index in [1.807, 2.05) is 18.2 Å². The number of nitrogens with zero attached hydrogens (tertiary/aromatic N) is 2. The third-order valence-electron chi connectivity index (χ3n) is 5.13. The van der Waals surface area contributed by atoms with Gasteiger partial charge in [-0.25, -0.2) is 0 Å². The Morgan fingerprint density at radius 1 is 1.22 bits per heavy atom. The fourth-order valence-corrected chi connectivity index (χ4v) is 3.29. The van der Waals surface area contributed by atoms with Crippen LogP contribution in [0.25, 0.3) is 0 Å². The highest BCUT2D eigenvalue weighted by molar-refractivity contribution is 14.0. The summed E-state index contributed by atoms with van der Waals surface area (Å²) < 4.78 is 11.0. The van der Waals surface area contributed by atoms with Gasteiger partial charge in [-0.05, 0) is 51.9 Å². The van der Waals surface area contributed by atoms with E-state index < -0.39 is 0 Å². The number of hydrogen-bond donors (Lipinski definition) is 2. The molecule has 2 N–H and O–H groups in total. The summed E-state index contributed by atoms with van der Waals surface area (Å²) >= 11 is 0. The molecule has 0 amide bonds. The summed E-state index contributed by atoms with van der Waals surface area (Å²) in [5, 5.41) is 6.80. The number of para-hydroxylation sites is 1. The second kappa shape index (κ2) is 12.4. The fourth-order valence-electron chi connectivity index (χ4n) is 3.29. The van der Waals surface area contributed by atoms with Crippen molar-refractivity contribution >= 4 is 29.9 Å². The Balaban J connectivity index is 0.00000364. The number of rotatable bonds is 8. The number of likely N-dealkylation sites (N-methyl/N-ethyl adjacent to an activating group) is 1. The zero-order valence-electron chi connectivity index (χ0n) is 17.1. The van der Waals surface area contributed by atoms with Crippen LogP contribution in [0.3, 0.4) is 0 Å². The van der Waals surface area contributed by atoms with Gasteiger partial charge in [0.05, 0.1) is 13.7 Å². The molecule has 1 heterocycles. The van der Waals surface area contributed by atoms with Crippen LogP contribution in [0, 0.1) is 0 Å². The van der Waals surface area contributed by atoms with E-state index in [4.69, 9.17) is 14.5 Å². The van der Waals surface area contributed by atoms with Crippen LogP contribution >= 0.6 is 24.0 Å². The summed E-state index contributed by atoms with van der Waals surface area (Å²) in [5.74, 6) is 1.81. The average molecular weight is 490 g/mol. The minimum absolute atomic E-state index is 0. The van der Waals surface area contributed by atoms with Gasteiger partial charge in [0, 0.05) is 31.8 Å². The number of methoxy groups -OCH3 is 1. The number of guanidine groups is 1. The number of ether oxygens (including phenoxy) is 2. The predicted molar refractivity (Wildman–Crippen MR) is 123 cm³/mol. The van der Waals surface area contributed by atoms with Gasteiger partial charge in [-0.15, -0.1) is 24.0 Å². The molecule has 154 valence electrons. The molecule has 1 aromatic rings. The molecule has 0 aliphatic carbocycles. The van der Waals surface area contributed by atoms with Crippen LogP contribution < -0.4 is 15.4 Å². The lowest BCUT2D eigenvalue weighted by Gasteiger charge is -2.41. The van der Waals surface area contributed by atoms with Gasteiger partial charge in [-0.1, -0.05) is 18.2 Å². The maximum Gasteiger partial charge on any atom is 0.191 e. The first kappa shape index (κ1) is 24.0. The van der Waals surface area contributed by atoms with E-state index in [1.54, 1.807) is 7.11 Å². The van der Waals surface area contributed by atoms with E-state index >= 15 is 0 Å². The summed E-state index contributed by atoms with van der Waals surface area (Å²) in [6.45, 7) is 6.14. The van der Waals surface area contributed by atoms with Crippen molar-refractivity contribution in [3.05, 3.63) is 29.8 Å². The van der Waals surface area contributed by atoms with Crippen molar-refractivity contribution in [1.29, 1.82) is 0 Å². The zero-order valence-corrected chi connectivity index (χ0v) is 19.4. The standard InChI is InChI=1S/C20H34N4O2.HI/c1-5-21-19(22-13-10-17-8-6-7-9-18(17)25-4)23-16-20(24(2)3)11-14-26-15-12-20;/h6-9H,5,10-16H2,1-4H3,(H2,21,22,23);1H. The van der Waals surface area contributed by atoms with Gasteiger partial charge in [-0.2, -0.15) is 0 Å². The van der Waals surface area contributed by atoms with E-state index in [1.165, 1.54) is 5.56 Å². The quantitative estimate of drug-likeness (QED) is 0.333. The smallest absolute Gasteiger partial charge is 0.191 e. The van der Waals surface area contributed by atoms with Crippen molar-refractivity contribution in [2.75, 3.05) is 54.1 Å². The molecule has 1 saturated heterocycles. The molecule has 7 heteroatoms. The second-order valence-corrected chi connectivity index (χ2v) is 6.91. The van der Waals surface area contributed by atoms with Gasteiger partial charge in [0.2, 0.25) is 0 Å². The third-order valence-corrected chi connectivity index (χ3v) is 5.13. The summed E-state index contributed by atoms with van der Waals surface area (Å²) in [6.07, 6.45) is 2.93. The first-order valence-corrected chi connectivity index (χ1v) is 9.50. The molecule has 0 saturated carbocycles. The Hall–Kier alpha value is -1.06. The highest BCUT2D eigenvalue weighted by Gasteiger charge is 2.34. The van der Waals surface area contributed by atoms with Crippen LogP contribution in [0.1, 0.15) is 25.3 Å². The fraction of sp³-hybridized carbons (Fsp3) is 0.650.